The zero-order chi connectivity index (χ0) is 26.5. The molecule has 0 radical (unpaired) electrons. The minimum atomic E-state index is -0.860. The predicted molar refractivity (Wildman–Crippen MR) is 144 cm³/mol. The van der Waals surface area contributed by atoms with Gasteiger partial charge in [0.2, 0.25) is 0 Å². The van der Waals surface area contributed by atoms with Gasteiger partial charge in [-0.3, -0.25) is 4.79 Å². The van der Waals surface area contributed by atoms with Crippen LogP contribution in [0.25, 0.3) is 10.9 Å². The van der Waals surface area contributed by atoms with Crippen LogP contribution in [0, 0.1) is 0 Å². The summed E-state index contributed by atoms with van der Waals surface area (Å²) in [6.45, 7) is 3.87. The van der Waals surface area contributed by atoms with Gasteiger partial charge in [-0.2, -0.15) is 0 Å². The first-order valence-electron chi connectivity index (χ1n) is 13.0. The van der Waals surface area contributed by atoms with E-state index in [9.17, 15) is 19.8 Å². The molecule has 3 rings (SSSR count). The summed E-state index contributed by atoms with van der Waals surface area (Å²) in [6.07, 6.45) is 6.69. The van der Waals surface area contributed by atoms with Gasteiger partial charge in [-0.1, -0.05) is 49.2 Å². The Bertz CT molecular complexity index is 1180. The van der Waals surface area contributed by atoms with Crippen molar-refractivity contribution in [3.8, 4) is 5.75 Å². The Labute approximate surface area is 217 Å². The molecule has 0 saturated carbocycles. The number of aliphatic hydroxyl groups excluding tert-OH is 1. The van der Waals surface area contributed by atoms with E-state index in [2.05, 4.69) is 29.6 Å². The maximum Gasteiger partial charge on any atom is 0.330 e. The first kappa shape index (κ1) is 28.4. The van der Waals surface area contributed by atoms with Crippen LogP contribution in [0.3, 0.4) is 0 Å². The highest BCUT2D eigenvalue weighted by Gasteiger charge is 2.17. The highest BCUT2D eigenvalue weighted by Crippen LogP contribution is 2.29. The molecule has 8 heteroatoms. The number of carbonyl (C=O) groups is 1. The van der Waals surface area contributed by atoms with Crippen LogP contribution < -0.4 is 15.7 Å². The molecule has 0 aliphatic carbocycles. The van der Waals surface area contributed by atoms with Crippen molar-refractivity contribution < 1.29 is 24.6 Å². The van der Waals surface area contributed by atoms with Gasteiger partial charge in [0, 0.05) is 38.1 Å². The maximum atomic E-state index is 12.1. The molecule has 0 fully saturated rings. The van der Waals surface area contributed by atoms with Crippen molar-refractivity contribution in [2.24, 2.45) is 0 Å². The van der Waals surface area contributed by atoms with E-state index in [-0.39, 0.29) is 11.3 Å². The first-order chi connectivity index (χ1) is 18.0. The van der Waals surface area contributed by atoms with Gasteiger partial charge in [-0.25, -0.2) is 4.79 Å². The minimum absolute atomic E-state index is 0.0534. The number of aromatic nitrogens is 1. The van der Waals surface area contributed by atoms with Crippen LogP contribution in [0.15, 0.2) is 59.4 Å². The van der Waals surface area contributed by atoms with Crippen molar-refractivity contribution in [3.63, 3.8) is 0 Å². The molecule has 1 atom stereocenters. The summed E-state index contributed by atoms with van der Waals surface area (Å²) in [5.41, 5.74) is 1.38. The van der Waals surface area contributed by atoms with Crippen molar-refractivity contribution in [3.05, 3.63) is 76.1 Å². The number of nitrogens with one attached hydrogen (secondary N) is 1. The number of hydrogen-bond donors (Lipinski definition) is 3. The molecule has 0 unspecified atom stereocenters. The van der Waals surface area contributed by atoms with E-state index in [1.807, 2.05) is 6.07 Å². The lowest BCUT2D eigenvalue weighted by molar-refractivity contribution is -0.141. The van der Waals surface area contributed by atoms with Crippen molar-refractivity contribution in [1.29, 1.82) is 0 Å². The molecule has 0 saturated heterocycles. The fourth-order valence-electron chi connectivity index (χ4n) is 4.28. The van der Waals surface area contributed by atoms with E-state index in [0.717, 1.165) is 69.4 Å². The summed E-state index contributed by atoms with van der Waals surface area (Å²) in [4.78, 5) is 28.5. The van der Waals surface area contributed by atoms with Gasteiger partial charge in [0.25, 0.3) is 5.56 Å². The third-order valence-corrected chi connectivity index (χ3v) is 6.18. The molecule has 8 nitrogen and oxygen atoms in total. The van der Waals surface area contributed by atoms with Crippen LogP contribution in [-0.4, -0.2) is 47.2 Å². The SMILES string of the molecule is CC(=O)On1c(=O)ccc2c([C@@H](O)CNCCCCCCOCCCCc3ccccc3)ccc(O)c21. The predicted octanol–water partition coefficient (Wildman–Crippen LogP) is 3.91. The van der Waals surface area contributed by atoms with Crippen molar-refractivity contribution in [2.75, 3.05) is 26.3 Å². The molecule has 0 spiro atoms. The largest absolute Gasteiger partial charge is 0.506 e. The average Bonchev–Trinajstić information content (AvgIpc) is 2.88. The summed E-state index contributed by atoms with van der Waals surface area (Å²) in [5, 5.41) is 24.7. The molecule has 3 N–H and O–H groups in total. The number of ether oxygens (including phenoxy) is 1. The average molecular weight is 511 g/mol. The van der Waals surface area contributed by atoms with Crippen LogP contribution in [0.1, 0.15) is 62.7 Å². The minimum Gasteiger partial charge on any atom is -0.506 e. The van der Waals surface area contributed by atoms with E-state index >= 15 is 0 Å². The molecular formula is C29H38N2O6. The molecule has 1 aromatic heterocycles. The lowest BCUT2D eigenvalue weighted by Gasteiger charge is -2.17. The van der Waals surface area contributed by atoms with Crippen LogP contribution in [0.5, 0.6) is 5.75 Å². The topological polar surface area (TPSA) is 110 Å². The van der Waals surface area contributed by atoms with E-state index in [0.29, 0.717) is 17.5 Å². The third kappa shape index (κ3) is 9.00. The number of aryl methyl sites for hydroxylation is 1. The summed E-state index contributed by atoms with van der Waals surface area (Å²) >= 11 is 0. The number of unbranched alkanes of at least 4 members (excludes halogenated alkanes) is 4. The Balaban J connectivity index is 1.30. The van der Waals surface area contributed by atoms with Gasteiger partial charge >= 0.3 is 5.97 Å². The molecule has 0 aliphatic heterocycles. The van der Waals surface area contributed by atoms with E-state index in [4.69, 9.17) is 9.57 Å². The number of rotatable bonds is 16. The lowest BCUT2D eigenvalue weighted by atomic mass is 10.0. The van der Waals surface area contributed by atoms with Crippen LogP contribution in [0.4, 0.5) is 0 Å². The number of fused-ring (bicyclic) bond motifs is 1. The Morgan fingerprint density at radius 2 is 1.68 bits per heavy atom. The summed E-state index contributed by atoms with van der Waals surface area (Å²) < 4.78 is 6.50. The molecule has 0 amide bonds. The molecule has 1 heterocycles. The first-order valence-corrected chi connectivity index (χ1v) is 13.0. The van der Waals surface area contributed by atoms with Gasteiger partial charge in [0.05, 0.1) is 6.10 Å². The Morgan fingerprint density at radius 1 is 0.946 bits per heavy atom. The van der Waals surface area contributed by atoms with E-state index < -0.39 is 17.6 Å². The zero-order valence-electron chi connectivity index (χ0n) is 21.5. The second-order valence-corrected chi connectivity index (χ2v) is 9.17. The Morgan fingerprint density at radius 3 is 2.43 bits per heavy atom. The Hall–Kier alpha value is -3.20. The Kier molecular flexibility index (Phi) is 11.6. The molecular weight excluding hydrogens is 472 g/mol. The van der Waals surface area contributed by atoms with Gasteiger partial charge in [-0.05, 0) is 61.9 Å². The maximum absolute atomic E-state index is 12.1. The third-order valence-electron chi connectivity index (χ3n) is 6.18. The second kappa shape index (κ2) is 15.1. The smallest absolute Gasteiger partial charge is 0.330 e. The number of nitrogens with zero attached hydrogens (tertiary/aromatic N) is 1. The fraction of sp³-hybridized carbons (Fsp3) is 0.448. The van der Waals surface area contributed by atoms with Crippen LogP contribution in [-0.2, 0) is 16.0 Å². The highest BCUT2D eigenvalue weighted by molar-refractivity contribution is 5.88. The number of phenolic OH excluding ortho intramolecular Hbond substituents is 1. The normalized spacial score (nSPS) is 12.1. The summed E-state index contributed by atoms with van der Waals surface area (Å²) in [6, 6.07) is 16.3. The number of aromatic hydroxyl groups is 1. The molecule has 37 heavy (non-hydrogen) atoms. The molecule has 200 valence electrons. The standard InChI is InChI=1S/C29H38N2O6/c1-22(32)37-31-28(35)17-15-25-24(14-16-26(33)29(25)31)27(34)21-30-18-8-2-3-9-19-36-20-10-7-13-23-11-5-4-6-12-23/h4-6,11-12,14-17,27,30,33-34H,2-3,7-10,13,18-21H2,1H3/t27-/m0/s1. The van der Waals surface area contributed by atoms with Gasteiger partial charge in [0.15, 0.2) is 0 Å². The number of aliphatic hydroxyl groups is 1. The second-order valence-electron chi connectivity index (χ2n) is 9.17. The molecule has 3 aromatic rings. The number of hydrogen-bond acceptors (Lipinski definition) is 7. The fourth-order valence-corrected chi connectivity index (χ4v) is 4.28. The highest BCUT2D eigenvalue weighted by atomic mass is 16.7. The van der Waals surface area contributed by atoms with Gasteiger partial charge < -0.3 is 25.1 Å². The monoisotopic (exact) mass is 510 g/mol. The number of carbonyl (C=O) groups excluding carboxylic acids is 1. The number of pyridine rings is 1. The van der Waals surface area contributed by atoms with E-state index in [1.54, 1.807) is 6.07 Å². The molecule has 0 aliphatic rings. The van der Waals surface area contributed by atoms with Crippen molar-refractivity contribution >= 4 is 16.9 Å². The zero-order valence-corrected chi connectivity index (χ0v) is 21.5. The summed E-state index contributed by atoms with van der Waals surface area (Å²) in [5.74, 6) is -0.902. The van der Waals surface area contributed by atoms with Crippen LogP contribution >= 0.6 is 0 Å². The lowest BCUT2D eigenvalue weighted by Crippen LogP contribution is -2.29. The van der Waals surface area contributed by atoms with Gasteiger partial charge in [-0.15, -0.1) is 4.73 Å². The number of phenols is 1. The number of benzene rings is 2. The van der Waals surface area contributed by atoms with Crippen LogP contribution in [0.2, 0.25) is 0 Å². The van der Waals surface area contributed by atoms with Crippen molar-refractivity contribution in [1.82, 2.24) is 10.0 Å². The summed E-state index contributed by atoms with van der Waals surface area (Å²) in [7, 11) is 0. The quantitative estimate of drug-likeness (QED) is 0.251. The van der Waals surface area contributed by atoms with Gasteiger partial charge in [0.1, 0.15) is 11.3 Å². The molecule has 0 bridgehead atoms. The molecule has 2 aromatic carbocycles. The van der Waals surface area contributed by atoms with Crippen molar-refractivity contribution in [2.45, 2.75) is 58.0 Å². The van der Waals surface area contributed by atoms with E-state index in [1.165, 1.54) is 30.7 Å².